The monoisotopic (exact) mass is 441 g/mol. The standard InChI is InChI=1S/C24H31N3O5/c1-4-26(2)24(30)25-10-7-13-32-12-6-5-11-27-22(28)20-15-17-8-9-19(31-3)14-18(17)16-21(20)23(27)29/h8-9,14-16H,4-7,10-13H2,1-3H3,(H,25,30). The van der Waals surface area contributed by atoms with E-state index in [0.717, 1.165) is 23.6 Å². The molecule has 32 heavy (non-hydrogen) atoms. The zero-order chi connectivity index (χ0) is 23.1. The summed E-state index contributed by atoms with van der Waals surface area (Å²) >= 11 is 0. The van der Waals surface area contributed by atoms with Crippen molar-refractivity contribution in [3.63, 3.8) is 0 Å². The number of nitrogens with one attached hydrogen (secondary N) is 1. The second-order valence-corrected chi connectivity index (χ2v) is 7.79. The van der Waals surface area contributed by atoms with E-state index in [1.165, 1.54) is 4.90 Å². The van der Waals surface area contributed by atoms with Gasteiger partial charge in [0, 0.05) is 39.9 Å². The number of benzene rings is 2. The van der Waals surface area contributed by atoms with Crippen LogP contribution in [0.25, 0.3) is 10.8 Å². The summed E-state index contributed by atoms with van der Waals surface area (Å²) in [5, 5.41) is 4.60. The van der Waals surface area contributed by atoms with Crippen molar-refractivity contribution in [2.24, 2.45) is 0 Å². The zero-order valence-electron chi connectivity index (χ0n) is 19.0. The largest absolute Gasteiger partial charge is 0.497 e. The highest BCUT2D eigenvalue weighted by atomic mass is 16.5. The minimum absolute atomic E-state index is 0.0829. The molecule has 2 aromatic carbocycles. The molecule has 8 nitrogen and oxygen atoms in total. The van der Waals surface area contributed by atoms with Gasteiger partial charge in [-0.1, -0.05) is 6.07 Å². The van der Waals surface area contributed by atoms with Crippen LogP contribution in [-0.4, -0.2) is 74.7 Å². The molecule has 0 bridgehead atoms. The fourth-order valence-corrected chi connectivity index (χ4v) is 3.57. The molecule has 2 aromatic rings. The van der Waals surface area contributed by atoms with Crippen molar-refractivity contribution < 1.29 is 23.9 Å². The first-order valence-electron chi connectivity index (χ1n) is 11.0. The Balaban J connectivity index is 1.40. The molecule has 172 valence electrons. The molecular weight excluding hydrogens is 410 g/mol. The van der Waals surface area contributed by atoms with E-state index in [1.807, 2.05) is 25.1 Å². The molecule has 0 saturated carbocycles. The lowest BCUT2D eigenvalue weighted by molar-refractivity contribution is 0.0642. The molecule has 8 heteroatoms. The Labute approximate surface area is 188 Å². The molecule has 1 aliphatic heterocycles. The van der Waals surface area contributed by atoms with Gasteiger partial charge in [-0.3, -0.25) is 14.5 Å². The number of ether oxygens (including phenoxy) is 2. The Bertz CT molecular complexity index is 991. The van der Waals surface area contributed by atoms with Gasteiger partial charge in [-0.25, -0.2) is 4.79 Å². The first-order chi connectivity index (χ1) is 15.5. The van der Waals surface area contributed by atoms with Crippen LogP contribution >= 0.6 is 0 Å². The summed E-state index contributed by atoms with van der Waals surface area (Å²) in [5.74, 6) is 0.224. The Kier molecular flexibility index (Phi) is 8.05. The van der Waals surface area contributed by atoms with Crippen molar-refractivity contribution in [1.29, 1.82) is 0 Å². The van der Waals surface area contributed by atoms with E-state index in [-0.39, 0.29) is 17.8 Å². The molecule has 0 unspecified atom stereocenters. The van der Waals surface area contributed by atoms with Crippen LogP contribution in [0.1, 0.15) is 46.9 Å². The van der Waals surface area contributed by atoms with E-state index in [2.05, 4.69) is 5.32 Å². The Morgan fingerprint density at radius 3 is 2.38 bits per heavy atom. The molecule has 0 spiro atoms. The third-order valence-corrected chi connectivity index (χ3v) is 5.62. The number of carbonyl (C=O) groups excluding carboxylic acids is 3. The summed E-state index contributed by atoms with van der Waals surface area (Å²) in [6.07, 6.45) is 2.16. The van der Waals surface area contributed by atoms with Gasteiger partial charge in [0.25, 0.3) is 11.8 Å². The molecule has 3 rings (SSSR count). The average Bonchev–Trinajstić information content (AvgIpc) is 3.04. The molecule has 0 radical (unpaired) electrons. The molecule has 0 saturated heterocycles. The summed E-state index contributed by atoms with van der Waals surface area (Å²) in [4.78, 5) is 40.1. The zero-order valence-corrected chi connectivity index (χ0v) is 19.0. The number of carbonyl (C=O) groups is 3. The molecule has 1 heterocycles. The number of imide groups is 1. The molecule has 1 N–H and O–H groups in total. The highest BCUT2D eigenvalue weighted by molar-refractivity contribution is 6.23. The summed E-state index contributed by atoms with van der Waals surface area (Å²) < 4.78 is 10.8. The van der Waals surface area contributed by atoms with Gasteiger partial charge in [0.15, 0.2) is 0 Å². The second kappa shape index (κ2) is 10.9. The molecule has 4 amide bonds. The number of urea groups is 1. The van der Waals surface area contributed by atoms with Crippen molar-refractivity contribution in [1.82, 2.24) is 15.1 Å². The van der Waals surface area contributed by atoms with Crippen LogP contribution in [0.2, 0.25) is 0 Å². The van der Waals surface area contributed by atoms with E-state index in [4.69, 9.17) is 9.47 Å². The van der Waals surface area contributed by atoms with E-state index >= 15 is 0 Å². The highest BCUT2D eigenvalue weighted by Crippen LogP contribution is 2.30. The Morgan fingerprint density at radius 2 is 1.69 bits per heavy atom. The van der Waals surface area contributed by atoms with Crippen molar-refractivity contribution >= 4 is 28.6 Å². The van der Waals surface area contributed by atoms with E-state index < -0.39 is 0 Å². The van der Waals surface area contributed by atoms with Crippen molar-refractivity contribution in [3.05, 3.63) is 41.5 Å². The molecular formula is C24H31N3O5. The first-order valence-corrected chi connectivity index (χ1v) is 11.0. The first kappa shape index (κ1) is 23.5. The number of amides is 4. The number of nitrogens with zero attached hydrogens (tertiary/aromatic N) is 2. The predicted molar refractivity (Wildman–Crippen MR) is 122 cm³/mol. The number of hydrogen-bond acceptors (Lipinski definition) is 5. The van der Waals surface area contributed by atoms with Crippen molar-refractivity contribution in [2.75, 3.05) is 47.0 Å². The van der Waals surface area contributed by atoms with Gasteiger partial charge in [0.2, 0.25) is 0 Å². The van der Waals surface area contributed by atoms with Crippen molar-refractivity contribution in [3.8, 4) is 5.75 Å². The van der Waals surface area contributed by atoms with Gasteiger partial charge in [-0.05, 0) is 61.2 Å². The van der Waals surface area contributed by atoms with Gasteiger partial charge in [-0.2, -0.15) is 0 Å². The van der Waals surface area contributed by atoms with Crippen LogP contribution < -0.4 is 10.1 Å². The summed E-state index contributed by atoms with van der Waals surface area (Å²) in [6.45, 7) is 4.63. The summed E-state index contributed by atoms with van der Waals surface area (Å²) in [5.41, 5.74) is 0.905. The fourth-order valence-electron chi connectivity index (χ4n) is 3.57. The molecule has 0 fully saturated rings. The Hall–Kier alpha value is -3.13. The second-order valence-electron chi connectivity index (χ2n) is 7.79. The highest BCUT2D eigenvalue weighted by Gasteiger charge is 2.35. The molecule has 1 aliphatic rings. The molecule has 0 atom stereocenters. The molecule has 0 aromatic heterocycles. The van der Waals surface area contributed by atoms with E-state index in [0.29, 0.717) is 56.1 Å². The lowest BCUT2D eigenvalue weighted by atomic mass is 10.0. The number of methoxy groups -OCH3 is 1. The number of hydrogen-bond donors (Lipinski definition) is 1. The minimum Gasteiger partial charge on any atom is -0.497 e. The van der Waals surface area contributed by atoms with Gasteiger partial charge in [0.05, 0.1) is 18.2 Å². The number of fused-ring (bicyclic) bond motifs is 2. The van der Waals surface area contributed by atoms with E-state index in [9.17, 15) is 14.4 Å². The average molecular weight is 442 g/mol. The van der Waals surface area contributed by atoms with Gasteiger partial charge in [0.1, 0.15) is 5.75 Å². The van der Waals surface area contributed by atoms with Crippen LogP contribution in [-0.2, 0) is 4.74 Å². The summed E-state index contributed by atoms with van der Waals surface area (Å²) in [7, 11) is 3.35. The van der Waals surface area contributed by atoms with Crippen molar-refractivity contribution in [2.45, 2.75) is 26.2 Å². The SMILES string of the molecule is CCN(C)C(=O)NCCCOCCCCN1C(=O)c2cc3ccc(OC)cc3cc2C1=O. The normalized spacial score (nSPS) is 12.9. The van der Waals surface area contributed by atoms with Crippen LogP contribution in [0.3, 0.4) is 0 Å². The summed E-state index contributed by atoms with van der Waals surface area (Å²) in [6, 6.07) is 9.06. The maximum atomic E-state index is 12.8. The van der Waals surface area contributed by atoms with Gasteiger partial charge in [-0.15, -0.1) is 0 Å². The van der Waals surface area contributed by atoms with Gasteiger partial charge < -0.3 is 19.7 Å². The van der Waals surface area contributed by atoms with Crippen LogP contribution in [0.4, 0.5) is 4.79 Å². The number of rotatable bonds is 11. The van der Waals surface area contributed by atoms with Crippen LogP contribution in [0.5, 0.6) is 5.75 Å². The Morgan fingerprint density at radius 1 is 1.00 bits per heavy atom. The predicted octanol–water partition coefficient (Wildman–Crippen LogP) is 3.29. The third kappa shape index (κ3) is 5.37. The maximum absolute atomic E-state index is 12.8. The third-order valence-electron chi connectivity index (χ3n) is 5.62. The topological polar surface area (TPSA) is 88.2 Å². The minimum atomic E-state index is -0.247. The quantitative estimate of drug-likeness (QED) is 0.427. The fraction of sp³-hybridized carbons (Fsp3) is 0.458. The lowest BCUT2D eigenvalue weighted by Gasteiger charge is -2.15. The van der Waals surface area contributed by atoms with Crippen LogP contribution in [0, 0.1) is 0 Å². The van der Waals surface area contributed by atoms with E-state index in [1.54, 1.807) is 31.2 Å². The number of unbranched alkanes of at least 4 members (excludes halogenated alkanes) is 1. The van der Waals surface area contributed by atoms with Crippen LogP contribution in [0.15, 0.2) is 30.3 Å². The lowest BCUT2D eigenvalue weighted by Crippen LogP contribution is -2.37. The molecule has 0 aliphatic carbocycles. The van der Waals surface area contributed by atoms with Gasteiger partial charge >= 0.3 is 6.03 Å². The maximum Gasteiger partial charge on any atom is 0.317 e. The smallest absolute Gasteiger partial charge is 0.317 e.